The third-order valence-electron chi connectivity index (χ3n) is 9.82. The second-order valence-corrected chi connectivity index (χ2v) is 12.9. The van der Waals surface area contributed by atoms with E-state index in [9.17, 15) is 5.11 Å². The third-order valence-corrected chi connectivity index (χ3v) is 9.82. The van der Waals surface area contributed by atoms with Gasteiger partial charge in [-0.25, -0.2) is 0 Å². The fraction of sp³-hybridized carbons (Fsp3) is 0.923. The molecule has 0 radical (unpaired) electrons. The molecule has 1 heteroatoms. The molecule has 0 amide bonds. The zero-order valence-corrected chi connectivity index (χ0v) is 18.9. The predicted octanol–water partition coefficient (Wildman–Crippen LogP) is 7.14. The molecule has 7 atom stereocenters. The molecule has 0 bridgehead atoms. The van der Waals surface area contributed by atoms with Crippen molar-refractivity contribution < 1.29 is 5.11 Å². The summed E-state index contributed by atoms with van der Waals surface area (Å²) in [6.45, 7) is 14.5. The summed E-state index contributed by atoms with van der Waals surface area (Å²) in [7, 11) is 0. The molecule has 3 unspecified atom stereocenters. The van der Waals surface area contributed by atoms with Gasteiger partial charge in [-0.1, -0.05) is 46.3 Å². The minimum atomic E-state index is -0.466. The third kappa shape index (κ3) is 3.34. The van der Waals surface area contributed by atoms with Crippen LogP contribution in [0, 0.1) is 39.9 Å². The van der Waals surface area contributed by atoms with E-state index in [1.165, 1.54) is 51.4 Å². The van der Waals surface area contributed by atoms with Crippen LogP contribution in [0.2, 0.25) is 0 Å². The lowest BCUT2D eigenvalue weighted by Crippen LogP contribution is -2.51. The maximum Gasteiger partial charge on any atom is 0.0657 e. The number of hydrogen-bond acceptors (Lipinski definition) is 1. The van der Waals surface area contributed by atoms with Gasteiger partial charge in [0.05, 0.1) is 5.60 Å². The normalized spacial score (nSPS) is 49.8. The first-order valence-electron chi connectivity index (χ1n) is 11.9. The fourth-order valence-corrected chi connectivity index (χ4v) is 7.99. The molecule has 0 aromatic rings. The van der Waals surface area contributed by atoms with Crippen LogP contribution in [0.3, 0.4) is 0 Å². The quantitative estimate of drug-likeness (QED) is 0.511. The number of rotatable bonds is 2. The summed E-state index contributed by atoms with van der Waals surface area (Å²) in [5, 5.41) is 10.6. The molecule has 0 aliphatic heterocycles. The summed E-state index contributed by atoms with van der Waals surface area (Å²) in [6.07, 6.45) is 15.6. The van der Waals surface area contributed by atoms with Gasteiger partial charge in [-0.05, 0) is 111 Å². The van der Waals surface area contributed by atoms with Crippen molar-refractivity contribution in [3.63, 3.8) is 0 Å². The van der Waals surface area contributed by atoms with Crippen LogP contribution in [-0.2, 0) is 0 Å². The van der Waals surface area contributed by atoms with Crippen LogP contribution in [0.5, 0.6) is 0 Å². The Labute approximate surface area is 168 Å². The molecule has 0 saturated heterocycles. The highest BCUT2D eigenvalue weighted by Crippen LogP contribution is 2.67. The van der Waals surface area contributed by atoms with Crippen LogP contribution in [0.4, 0.5) is 0 Å². The van der Waals surface area contributed by atoms with Crippen molar-refractivity contribution in [2.45, 2.75) is 111 Å². The van der Waals surface area contributed by atoms with Gasteiger partial charge in [0.2, 0.25) is 0 Å². The summed E-state index contributed by atoms with van der Waals surface area (Å²) >= 11 is 0. The molecule has 4 aliphatic carbocycles. The first kappa shape index (κ1) is 20.0. The molecule has 3 fully saturated rings. The van der Waals surface area contributed by atoms with E-state index in [1.807, 2.05) is 6.92 Å². The van der Waals surface area contributed by atoms with E-state index in [4.69, 9.17) is 0 Å². The predicted molar refractivity (Wildman–Crippen MR) is 115 cm³/mol. The van der Waals surface area contributed by atoms with Crippen molar-refractivity contribution in [1.29, 1.82) is 0 Å². The van der Waals surface area contributed by atoms with Crippen LogP contribution >= 0.6 is 0 Å². The second-order valence-electron chi connectivity index (χ2n) is 12.9. The monoisotopic (exact) mass is 372 g/mol. The topological polar surface area (TPSA) is 20.2 Å². The highest BCUT2D eigenvalue weighted by molar-refractivity contribution is 5.26. The number of hydrogen-bond donors (Lipinski definition) is 1. The lowest BCUT2D eigenvalue weighted by atomic mass is 9.46. The molecular weight excluding hydrogens is 328 g/mol. The van der Waals surface area contributed by atoms with Gasteiger partial charge >= 0.3 is 0 Å². The zero-order chi connectivity index (χ0) is 19.7. The maximum atomic E-state index is 10.6. The summed E-state index contributed by atoms with van der Waals surface area (Å²) in [5.74, 6) is 3.67. The van der Waals surface area contributed by atoms with Gasteiger partial charge in [0.1, 0.15) is 0 Å². The molecule has 0 aromatic carbocycles. The van der Waals surface area contributed by atoms with Gasteiger partial charge in [-0.3, -0.25) is 0 Å². The summed E-state index contributed by atoms with van der Waals surface area (Å²) in [5.41, 5.74) is 2.57. The molecule has 0 aromatic heterocycles. The summed E-state index contributed by atoms with van der Waals surface area (Å²) < 4.78 is 0. The van der Waals surface area contributed by atoms with Crippen molar-refractivity contribution in [3.05, 3.63) is 11.6 Å². The molecule has 0 spiro atoms. The average Bonchev–Trinajstić information content (AvgIpc) is 2.89. The molecule has 154 valence electrons. The molecule has 4 aliphatic rings. The van der Waals surface area contributed by atoms with E-state index >= 15 is 0 Å². The van der Waals surface area contributed by atoms with Crippen LogP contribution < -0.4 is 0 Å². The van der Waals surface area contributed by atoms with E-state index in [2.05, 4.69) is 40.7 Å². The molecular formula is C26H44O. The first-order valence-corrected chi connectivity index (χ1v) is 11.9. The van der Waals surface area contributed by atoms with E-state index in [0.29, 0.717) is 16.2 Å². The van der Waals surface area contributed by atoms with Gasteiger partial charge in [-0.15, -0.1) is 0 Å². The van der Waals surface area contributed by atoms with Gasteiger partial charge in [-0.2, -0.15) is 0 Å². The van der Waals surface area contributed by atoms with Crippen molar-refractivity contribution in [1.82, 2.24) is 0 Å². The van der Waals surface area contributed by atoms with E-state index in [0.717, 1.165) is 36.5 Å². The lowest BCUT2D eigenvalue weighted by molar-refractivity contribution is -0.0666. The number of allylic oxidation sites excluding steroid dienone is 1. The molecule has 27 heavy (non-hydrogen) atoms. The number of aliphatic hydroxyl groups is 1. The van der Waals surface area contributed by atoms with E-state index in [1.54, 1.807) is 5.57 Å². The highest BCUT2D eigenvalue weighted by atomic mass is 16.3. The van der Waals surface area contributed by atoms with Gasteiger partial charge in [0, 0.05) is 0 Å². The minimum absolute atomic E-state index is 0.371. The second kappa shape index (κ2) is 6.35. The SMILES string of the molecule is CC(C)(C)CC[C@H]1CCC2C3CC=C4C[C@@](C)(O)CC[C@]4(C)C3CC[C@@]21C. The van der Waals surface area contributed by atoms with Crippen LogP contribution in [0.15, 0.2) is 11.6 Å². The number of fused-ring (bicyclic) bond motifs is 5. The highest BCUT2D eigenvalue weighted by Gasteiger charge is 2.58. The Hall–Kier alpha value is -0.300. The molecule has 4 rings (SSSR count). The van der Waals surface area contributed by atoms with Crippen molar-refractivity contribution in [2.24, 2.45) is 39.9 Å². The van der Waals surface area contributed by atoms with E-state index in [-0.39, 0.29) is 0 Å². The Bertz CT molecular complexity index is 608. The Morgan fingerprint density at radius 3 is 2.44 bits per heavy atom. The van der Waals surface area contributed by atoms with Crippen LogP contribution in [0.1, 0.15) is 106 Å². The van der Waals surface area contributed by atoms with E-state index < -0.39 is 5.60 Å². The van der Waals surface area contributed by atoms with Crippen molar-refractivity contribution >= 4 is 0 Å². The van der Waals surface area contributed by atoms with Crippen molar-refractivity contribution in [3.8, 4) is 0 Å². The van der Waals surface area contributed by atoms with Gasteiger partial charge in [0.25, 0.3) is 0 Å². The van der Waals surface area contributed by atoms with Crippen molar-refractivity contribution in [2.75, 3.05) is 0 Å². The smallest absolute Gasteiger partial charge is 0.0657 e. The van der Waals surface area contributed by atoms with Crippen LogP contribution in [0.25, 0.3) is 0 Å². The van der Waals surface area contributed by atoms with Gasteiger partial charge < -0.3 is 5.11 Å². The Morgan fingerprint density at radius 2 is 1.74 bits per heavy atom. The lowest BCUT2D eigenvalue weighted by Gasteiger charge is -2.59. The minimum Gasteiger partial charge on any atom is -0.390 e. The average molecular weight is 373 g/mol. The fourth-order valence-electron chi connectivity index (χ4n) is 7.99. The maximum absolute atomic E-state index is 10.6. The molecule has 3 saturated carbocycles. The molecule has 1 N–H and O–H groups in total. The zero-order valence-electron chi connectivity index (χ0n) is 18.9. The largest absolute Gasteiger partial charge is 0.390 e. The standard InChI is InChI=1S/C26H44O/c1-23(2,3)13-11-18-8-10-21-20-9-7-19-17-24(4,27)15-16-26(19,6)22(20)12-14-25(18,21)5/h7,18,20-22,27H,8-17H2,1-6H3/t18-,20?,21?,22?,24+,25-,26+/m1/s1. The Balaban J connectivity index is 1.55. The Kier molecular flexibility index (Phi) is 4.70. The Morgan fingerprint density at radius 1 is 1.00 bits per heavy atom. The molecule has 0 heterocycles. The summed E-state index contributed by atoms with van der Waals surface area (Å²) in [6, 6.07) is 0. The summed E-state index contributed by atoms with van der Waals surface area (Å²) in [4.78, 5) is 0. The molecule has 1 nitrogen and oxygen atoms in total. The van der Waals surface area contributed by atoms with Gasteiger partial charge in [0.15, 0.2) is 0 Å². The first-order chi connectivity index (χ1) is 12.4. The van der Waals surface area contributed by atoms with Crippen LogP contribution in [-0.4, -0.2) is 10.7 Å².